The first-order valence-electron chi connectivity index (χ1n) is 8.28. The molecule has 0 unspecified atom stereocenters. The van der Waals surface area contributed by atoms with E-state index in [9.17, 15) is 0 Å². The molecule has 3 aromatic rings. The van der Waals surface area contributed by atoms with Gasteiger partial charge in [0.25, 0.3) is 0 Å². The van der Waals surface area contributed by atoms with Gasteiger partial charge in [-0.25, -0.2) is 0 Å². The van der Waals surface area contributed by atoms with E-state index in [1.165, 1.54) is 16.3 Å². The number of ether oxygens (including phenoxy) is 1. The minimum absolute atomic E-state index is 0. The molecule has 0 saturated carbocycles. The molecular weight excluding hydrogens is 330 g/mol. The Kier molecular flexibility index (Phi) is 7.05. The van der Waals surface area contributed by atoms with E-state index >= 15 is 0 Å². The van der Waals surface area contributed by atoms with Crippen LogP contribution in [0.5, 0.6) is 0 Å². The van der Waals surface area contributed by atoms with Gasteiger partial charge in [-0.05, 0) is 34.9 Å². The van der Waals surface area contributed by atoms with Crippen LogP contribution in [0.15, 0.2) is 78.6 Å². The zero-order valence-electron chi connectivity index (χ0n) is 14.6. The van der Waals surface area contributed by atoms with Crippen LogP contribution < -0.4 is 5.32 Å². The third-order valence-corrected chi connectivity index (χ3v) is 4.26. The smallest absolute Gasteiger partial charge is 0.110 e. The molecule has 0 amide bonds. The number of benzene rings is 3. The van der Waals surface area contributed by atoms with Crippen LogP contribution >= 0.6 is 12.4 Å². The molecule has 0 aliphatic heterocycles. The summed E-state index contributed by atoms with van der Waals surface area (Å²) in [4.78, 5) is 0. The summed E-state index contributed by atoms with van der Waals surface area (Å²) in [5.74, 6) is 0.924. The van der Waals surface area contributed by atoms with E-state index in [4.69, 9.17) is 4.74 Å². The van der Waals surface area contributed by atoms with Gasteiger partial charge in [0, 0.05) is 6.04 Å². The third-order valence-electron chi connectivity index (χ3n) is 4.26. The zero-order chi connectivity index (χ0) is 16.8. The maximum atomic E-state index is 5.53. The summed E-state index contributed by atoms with van der Waals surface area (Å²) >= 11 is 0. The van der Waals surface area contributed by atoms with Crippen LogP contribution in [0.4, 0.5) is 0 Å². The van der Waals surface area contributed by atoms with E-state index in [0.717, 1.165) is 11.3 Å². The number of methoxy groups -OCH3 is 1. The summed E-state index contributed by atoms with van der Waals surface area (Å²) in [6.45, 7) is 2.88. The SMILES string of the molecule is CO/C(=C\c1ccccc1)CN[C@H](C)c1cccc2ccccc12.Cl. The van der Waals surface area contributed by atoms with Crippen LogP contribution in [0, 0.1) is 0 Å². The van der Waals surface area contributed by atoms with Gasteiger partial charge in [-0.3, -0.25) is 0 Å². The molecule has 0 aliphatic carbocycles. The van der Waals surface area contributed by atoms with Crippen LogP contribution in [0.25, 0.3) is 16.8 Å². The predicted molar refractivity (Wildman–Crippen MR) is 109 cm³/mol. The maximum absolute atomic E-state index is 5.53. The highest BCUT2D eigenvalue weighted by atomic mass is 35.5. The molecular formula is C22H24ClNO. The van der Waals surface area contributed by atoms with E-state index in [0.29, 0.717) is 6.54 Å². The number of rotatable bonds is 6. The molecule has 0 aliphatic rings. The molecule has 0 saturated heterocycles. The minimum Gasteiger partial charge on any atom is -0.500 e. The van der Waals surface area contributed by atoms with Crippen LogP contribution in [0.1, 0.15) is 24.1 Å². The summed E-state index contributed by atoms with van der Waals surface area (Å²) < 4.78 is 5.53. The Morgan fingerprint density at radius 2 is 1.64 bits per heavy atom. The van der Waals surface area contributed by atoms with Gasteiger partial charge < -0.3 is 10.1 Å². The molecule has 3 rings (SSSR count). The van der Waals surface area contributed by atoms with Gasteiger partial charge in [0.1, 0.15) is 5.76 Å². The Hall–Kier alpha value is -2.29. The van der Waals surface area contributed by atoms with Crippen molar-refractivity contribution in [2.75, 3.05) is 13.7 Å². The van der Waals surface area contributed by atoms with Gasteiger partial charge in [0.05, 0.1) is 13.7 Å². The van der Waals surface area contributed by atoms with E-state index in [-0.39, 0.29) is 18.4 Å². The van der Waals surface area contributed by atoms with Gasteiger partial charge in [0.2, 0.25) is 0 Å². The minimum atomic E-state index is 0. The topological polar surface area (TPSA) is 21.3 Å². The highest BCUT2D eigenvalue weighted by Crippen LogP contribution is 2.24. The van der Waals surface area contributed by atoms with Crippen molar-refractivity contribution in [3.63, 3.8) is 0 Å². The van der Waals surface area contributed by atoms with Crippen molar-refractivity contribution in [1.29, 1.82) is 0 Å². The average molecular weight is 354 g/mol. The van der Waals surface area contributed by atoms with Gasteiger partial charge in [-0.15, -0.1) is 12.4 Å². The number of halogens is 1. The second-order valence-electron chi connectivity index (χ2n) is 5.90. The number of hydrogen-bond acceptors (Lipinski definition) is 2. The highest BCUT2D eigenvalue weighted by molar-refractivity contribution is 5.86. The first kappa shape index (κ1) is 19.0. The van der Waals surface area contributed by atoms with Crippen molar-refractivity contribution < 1.29 is 4.74 Å². The summed E-state index contributed by atoms with van der Waals surface area (Å²) in [7, 11) is 1.72. The molecule has 2 nitrogen and oxygen atoms in total. The first-order chi connectivity index (χ1) is 11.8. The van der Waals surface area contributed by atoms with Crippen LogP contribution in [0.2, 0.25) is 0 Å². The fraction of sp³-hybridized carbons (Fsp3) is 0.182. The van der Waals surface area contributed by atoms with Crippen molar-refractivity contribution in [3.8, 4) is 0 Å². The molecule has 1 N–H and O–H groups in total. The molecule has 0 aromatic heterocycles. The Bertz CT molecular complexity index is 824. The summed E-state index contributed by atoms with van der Waals surface area (Å²) in [6.07, 6.45) is 2.07. The normalized spacial score (nSPS) is 12.5. The molecule has 1 atom stereocenters. The predicted octanol–water partition coefficient (Wildman–Crippen LogP) is 5.60. The van der Waals surface area contributed by atoms with E-state index in [2.05, 4.69) is 72.9 Å². The number of fused-ring (bicyclic) bond motifs is 1. The maximum Gasteiger partial charge on any atom is 0.110 e. The van der Waals surface area contributed by atoms with Gasteiger partial charge in [0.15, 0.2) is 0 Å². The second-order valence-corrected chi connectivity index (χ2v) is 5.90. The standard InChI is InChI=1S/C22H23NO.ClH/c1-17(21-14-8-12-19-11-6-7-13-22(19)21)23-16-20(24-2)15-18-9-4-3-5-10-18;/h3-15,17,23H,16H2,1-2H3;1H/b20-15-;/t17-;/m1./s1. The van der Waals surface area contributed by atoms with Gasteiger partial charge in [-0.1, -0.05) is 72.8 Å². The lowest BCUT2D eigenvalue weighted by Crippen LogP contribution is -2.22. The average Bonchev–Trinajstić information content (AvgIpc) is 2.65. The molecule has 0 fully saturated rings. The van der Waals surface area contributed by atoms with Crippen LogP contribution in [-0.4, -0.2) is 13.7 Å². The summed E-state index contributed by atoms with van der Waals surface area (Å²) in [5.41, 5.74) is 2.46. The van der Waals surface area contributed by atoms with Crippen molar-refractivity contribution in [2.24, 2.45) is 0 Å². The highest BCUT2D eigenvalue weighted by Gasteiger charge is 2.09. The fourth-order valence-electron chi connectivity index (χ4n) is 2.91. The largest absolute Gasteiger partial charge is 0.500 e. The number of nitrogens with one attached hydrogen (secondary N) is 1. The van der Waals surface area contributed by atoms with Crippen molar-refractivity contribution >= 4 is 29.3 Å². The molecule has 0 radical (unpaired) electrons. The summed E-state index contributed by atoms with van der Waals surface area (Å²) in [6, 6.07) is 25.4. The summed E-state index contributed by atoms with van der Waals surface area (Å²) in [5, 5.41) is 6.14. The molecule has 130 valence electrons. The first-order valence-corrected chi connectivity index (χ1v) is 8.28. The monoisotopic (exact) mass is 353 g/mol. The second kappa shape index (κ2) is 9.26. The Morgan fingerprint density at radius 1 is 0.960 bits per heavy atom. The Morgan fingerprint density at radius 3 is 2.40 bits per heavy atom. The zero-order valence-corrected chi connectivity index (χ0v) is 15.4. The lowest BCUT2D eigenvalue weighted by Gasteiger charge is -2.17. The Labute approximate surface area is 155 Å². The number of hydrogen-bond donors (Lipinski definition) is 1. The molecule has 0 spiro atoms. The van der Waals surface area contributed by atoms with Crippen LogP contribution in [0.3, 0.4) is 0 Å². The lowest BCUT2D eigenvalue weighted by atomic mass is 10.00. The molecule has 3 heteroatoms. The van der Waals surface area contributed by atoms with Crippen molar-refractivity contribution in [3.05, 3.63) is 89.7 Å². The lowest BCUT2D eigenvalue weighted by molar-refractivity contribution is 0.280. The van der Waals surface area contributed by atoms with E-state index < -0.39 is 0 Å². The van der Waals surface area contributed by atoms with Gasteiger partial charge >= 0.3 is 0 Å². The molecule has 25 heavy (non-hydrogen) atoms. The fourth-order valence-corrected chi connectivity index (χ4v) is 2.91. The van der Waals surface area contributed by atoms with Gasteiger partial charge in [-0.2, -0.15) is 0 Å². The molecule has 0 heterocycles. The van der Waals surface area contributed by atoms with Crippen molar-refractivity contribution in [1.82, 2.24) is 5.32 Å². The van der Waals surface area contributed by atoms with E-state index in [1.807, 2.05) is 18.2 Å². The third kappa shape index (κ3) is 4.85. The van der Waals surface area contributed by atoms with Crippen molar-refractivity contribution in [2.45, 2.75) is 13.0 Å². The molecule has 3 aromatic carbocycles. The van der Waals surface area contributed by atoms with E-state index in [1.54, 1.807) is 7.11 Å². The molecule has 0 bridgehead atoms. The quantitative estimate of drug-likeness (QED) is 0.582. The van der Waals surface area contributed by atoms with Crippen LogP contribution in [-0.2, 0) is 4.74 Å². The Balaban J connectivity index is 0.00000225.